The third-order valence-electron chi connectivity index (χ3n) is 3.16. The van der Waals surface area contributed by atoms with E-state index in [1.165, 1.54) is 31.4 Å². The number of rotatable bonds is 5. The second kappa shape index (κ2) is 6.47. The standard InChI is InChI=1S/C15H15ClN2O4S/c1-9-7-11(22-2)4-6-14(9)23(20,21)18-10-3-5-12(15(17)19)13(16)8-10/h3-8,18H,1-2H3,(H2,17,19). The third-order valence-corrected chi connectivity index (χ3v) is 5.01. The largest absolute Gasteiger partial charge is 0.497 e. The number of anilines is 1. The minimum atomic E-state index is -3.80. The number of hydrogen-bond donors (Lipinski definition) is 2. The first-order chi connectivity index (χ1) is 10.7. The predicted molar refractivity (Wildman–Crippen MR) is 88.5 cm³/mol. The van der Waals surface area contributed by atoms with Gasteiger partial charge in [0.1, 0.15) is 5.75 Å². The second-order valence-corrected chi connectivity index (χ2v) is 6.85. The van der Waals surface area contributed by atoms with Gasteiger partial charge in [-0.3, -0.25) is 9.52 Å². The van der Waals surface area contributed by atoms with Crippen LogP contribution in [0.15, 0.2) is 41.3 Å². The average Bonchev–Trinajstić information content (AvgIpc) is 2.45. The van der Waals surface area contributed by atoms with E-state index in [9.17, 15) is 13.2 Å². The smallest absolute Gasteiger partial charge is 0.262 e. The Labute approximate surface area is 139 Å². The lowest BCUT2D eigenvalue weighted by atomic mass is 10.2. The van der Waals surface area contributed by atoms with Gasteiger partial charge >= 0.3 is 0 Å². The maximum atomic E-state index is 12.5. The number of benzene rings is 2. The van der Waals surface area contributed by atoms with E-state index in [-0.39, 0.29) is 21.2 Å². The summed E-state index contributed by atoms with van der Waals surface area (Å²) in [5.41, 5.74) is 6.05. The molecule has 0 aliphatic carbocycles. The quantitative estimate of drug-likeness (QED) is 0.861. The van der Waals surface area contributed by atoms with Crippen LogP contribution >= 0.6 is 11.6 Å². The Morgan fingerprint density at radius 2 is 1.91 bits per heavy atom. The topological polar surface area (TPSA) is 98.5 Å². The lowest BCUT2D eigenvalue weighted by Gasteiger charge is -2.12. The summed E-state index contributed by atoms with van der Waals surface area (Å²) < 4.78 is 32.4. The van der Waals surface area contributed by atoms with Gasteiger partial charge in [0.2, 0.25) is 5.91 Å². The first-order valence-electron chi connectivity index (χ1n) is 6.51. The van der Waals surface area contributed by atoms with Crippen molar-refractivity contribution in [3.63, 3.8) is 0 Å². The van der Waals surface area contributed by atoms with Crippen LogP contribution in [0.25, 0.3) is 0 Å². The lowest BCUT2D eigenvalue weighted by molar-refractivity contribution is 0.100. The molecular weight excluding hydrogens is 340 g/mol. The fraction of sp³-hybridized carbons (Fsp3) is 0.133. The van der Waals surface area contributed by atoms with Gasteiger partial charge in [-0.25, -0.2) is 8.42 Å². The van der Waals surface area contributed by atoms with Gasteiger partial charge in [-0.1, -0.05) is 11.6 Å². The predicted octanol–water partition coefficient (Wildman–Crippen LogP) is 2.56. The molecular formula is C15H15ClN2O4S. The van der Waals surface area contributed by atoms with E-state index in [2.05, 4.69) is 4.72 Å². The number of methoxy groups -OCH3 is 1. The molecule has 0 aliphatic heterocycles. The highest BCUT2D eigenvalue weighted by atomic mass is 35.5. The summed E-state index contributed by atoms with van der Waals surface area (Å²) in [7, 11) is -2.30. The number of carbonyl (C=O) groups is 1. The molecule has 8 heteroatoms. The van der Waals surface area contributed by atoms with Crippen molar-refractivity contribution in [2.24, 2.45) is 5.73 Å². The van der Waals surface area contributed by atoms with E-state index >= 15 is 0 Å². The Hall–Kier alpha value is -2.25. The zero-order valence-corrected chi connectivity index (χ0v) is 14.0. The monoisotopic (exact) mass is 354 g/mol. The van der Waals surface area contributed by atoms with E-state index in [0.29, 0.717) is 11.3 Å². The normalized spacial score (nSPS) is 11.1. The van der Waals surface area contributed by atoms with Crippen molar-refractivity contribution in [2.45, 2.75) is 11.8 Å². The number of nitrogens with one attached hydrogen (secondary N) is 1. The minimum Gasteiger partial charge on any atom is -0.497 e. The summed E-state index contributed by atoms with van der Waals surface area (Å²) in [6.07, 6.45) is 0. The molecule has 0 aromatic heterocycles. The van der Waals surface area contributed by atoms with Crippen LogP contribution in [0.5, 0.6) is 5.75 Å². The highest BCUT2D eigenvalue weighted by Crippen LogP contribution is 2.25. The number of sulfonamides is 1. The summed E-state index contributed by atoms with van der Waals surface area (Å²) in [6.45, 7) is 1.67. The highest BCUT2D eigenvalue weighted by Gasteiger charge is 2.18. The molecule has 0 spiro atoms. The van der Waals surface area contributed by atoms with Gasteiger partial charge in [0, 0.05) is 0 Å². The number of carbonyl (C=O) groups excluding carboxylic acids is 1. The van der Waals surface area contributed by atoms with E-state index in [1.54, 1.807) is 19.1 Å². The van der Waals surface area contributed by atoms with Crippen LogP contribution in [-0.4, -0.2) is 21.4 Å². The van der Waals surface area contributed by atoms with Crippen molar-refractivity contribution in [1.29, 1.82) is 0 Å². The maximum absolute atomic E-state index is 12.5. The summed E-state index contributed by atoms with van der Waals surface area (Å²) in [4.78, 5) is 11.3. The molecule has 0 saturated heterocycles. The molecule has 0 aliphatic rings. The van der Waals surface area contributed by atoms with E-state index < -0.39 is 15.9 Å². The average molecular weight is 355 g/mol. The van der Waals surface area contributed by atoms with Crippen molar-refractivity contribution < 1.29 is 17.9 Å². The molecule has 3 N–H and O–H groups in total. The number of hydrogen-bond acceptors (Lipinski definition) is 4. The van der Waals surface area contributed by atoms with Crippen LogP contribution in [0, 0.1) is 6.92 Å². The SMILES string of the molecule is COc1ccc(S(=O)(=O)Nc2ccc(C(N)=O)c(Cl)c2)c(C)c1. The number of aryl methyl sites for hydroxylation is 1. The van der Waals surface area contributed by atoms with Crippen molar-refractivity contribution in [3.8, 4) is 5.75 Å². The van der Waals surface area contributed by atoms with Crippen molar-refractivity contribution >= 4 is 33.2 Å². The van der Waals surface area contributed by atoms with Crippen molar-refractivity contribution in [3.05, 3.63) is 52.5 Å². The van der Waals surface area contributed by atoms with E-state index in [0.717, 1.165) is 0 Å². The summed E-state index contributed by atoms with van der Waals surface area (Å²) in [6, 6.07) is 8.75. The van der Waals surface area contributed by atoms with Crippen LogP contribution in [0.2, 0.25) is 5.02 Å². The summed E-state index contributed by atoms with van der Waals surface area (Å²) in [5.74, 6) is -0.120. The molecule has 0 bridgehead atoms. The first kappa shape index (κ1) is 17.1. The highest BCUT2D eigenvalue weighted by molar-refractivity contribution is 7.92. The molecule has 122 valence electrons. The molecule has 2 aromatic carbocycles. The molecule has 0 atom stereocenters. The third kappa shape index (κ3) is 3.75. The molecule has 2 aromatic rings. The Balaban J connectivity index is 2.35. The zero-order valence-electron chi connectivity index (χ0n) is 12.5. The number of nitrogens with two attached hydrogens (primary N) is 1. The molecule has 2 rings (SSSR count). The Morgan fingerprint density at radius 1 is 1.22 bits per heavy atom. The van der Waals surface area contributed by atoms with Gasteiger partial charge in [-0.15, -0.1) is 0 Å². The van der Waals surface area contributed by atoms with Crippen LogP contribution in [0.4, 0.5) is 5.69 Å². The van der Waals surface area contributed by atoms with Crippen molar-refractivity contribution in [1.82, 2.24) is 0 Å². The molecule has 0 unspecified atom stereocenters. The minimum absolute atomic E-state index is 0.0733. The fourth-order valence-corrected chi connectivity index (χ4v) is 3.59. The second-order valence-electron chi connectivity index (χ2n) is 4.80. The molecule has 6 nitrogen and oxygen atoms in total. The van der Waals surface area contributed by atoms with Crippen molar-refractivity contribution in [2.75, 3.05) is 11.8 Å². The number of amides is 1. The van der Waals surface area contributed by atoms with Crippen LogP contribution < -0.4 is 15.2 Å². The summed E-state index contributed by atoms with van der Waals surface area (Å²) >= 11 is 5.92. The number of ether oxygens (including phenoxy) is 1. The zero-order chi connectivity index (χ0) is 17.2. The fourth-order valence-electron chi connectivity index (χ4n) is 2.04. The molecule has 0 heterocycles. The van der Waals surface area contributed by atoms with Gasteiger partial charge in [0.25, 0.3) is 10.0 Å². The maximum Gasteiger partial charge on any atom is 0.262 e. The summed E-state index contributed by atoms with van der Waals surface area (Å²) in [5, 5.41) is 0.0733. The Bertz CT molecular complexity index is 866. The molecule has 0 fully saturated rings. The molecule has 1 amide bonds. The van der Waals surface area contributed by atoms with Crippen LogP contribution in [-0.2, 0) is 10.0 Å². The van der Waals surface area contributed by atoms with E-state index in [4.69, 9.17) is 22.1 Å². The lowest BCUT2D eigenvalue weighted by Crippen LogP contribution is -2.15. The van der Waals surface area contributed by atoms with Gasteiger partial charge in [-0.2, -0.15) is 0 Å². The van der Waals surface area contributed by atoms with E-state index in [1.807, 2.05) is 0 Å². The molecule has 23 heavy (non-hydrogen) atoms. The number of primary amides is 1. The Morgan fingerprint density at radius 3 is 2.43 bits per heavy atom. The van der Waals surface area contributed by atoms with Gasteiger partial charge in [0.05, 0.1) is 28.3 Å². The van der Waals surface area contributed by atoms with Crippen LogP contribution in [0.1, 0.15) is 15.9 Å². The number of halogens is 1. The Kier molecular flexibility index (Phi) is 4.82. The molecule has 0 saturated carbocycles. The van der Waals surface area contributed by atoms with Gasteiger partial charge in [-0.05, 0) is 48.9 Å². The van der Waals surface area contributed by atoms with Gasteiger partial charge in [0.15, 0.2) is 0 Å². The van der Waals surface area contributed by atoms with Gasteiger partial charge < -0.3 is 10.5 Å². The first-order valence-corrected chi connectivity index (χ1v) is 8.37. The van der Waals surface area contributed by atoms with Crippen LogP contribution in [0.3, 0.4) is 0 Å². The molecule has 0 radical (unpaired) electrons.